The standard InChI is InChI=1S/C35H41N5O4S/c1-22-27(10-7-11-28(22)38-31(41)24-12-14-25(15-13-24)35(2,3)4)29-21-39(5)32(42)30(37-29)36-26-9-6-8-23(20-26)16-17-40-18-19-45-34(44)33(40)43/h6-15,20-21H,16-19H2,1-5H3,45H4,(H,36,37)(H,38,41). The summed E-state index contributed by atoms with van der Waals surface area (Å²) in [4.78, 5) is 56.6. The number of anilines is 3. The fourth-order valence-electron chi connectivity index (χ4n) is 5.42. The molecule has 2 heterocycles. The molecule has 1 aliphatic heterocycles. The minimum atomic E-state index is -0.920. The van der Waals surface area contributed by atoms with Crippen LogP contribution in [0.15, 0.2) is 77.7 Å². The van der Waals surface area contributed by atoms with Gasteiger partial charge >= 0.3 is 0 Å². The van der Waals surface area contributed by atoms with Gasteiger partial charge in [0.05, 0.1) is 5.69 Å². The van der Waals surface area contributed by atoms with Crippen LogP contribution in [0.3, 0.4) is 0 Å². The molecule has 4 aromatic rings. The van der Waals surface area contributed by atoms with E-state index in [9.17, 15) is 19.2 Å². The number of rotatable bonds is 8. The maximum absolute atomic E-state index is 13.1. The minimum absolute atomic E-state index is 0.00252. The molecule has 0 spiro atoms. The lowest BCUT2D eigenvalue weighted by atomic mass is 9.86. The van der Waals surface area contributed by atoms with E-state index in [0.717, 1.165) is 28.0 Å². The molecule has 0 saturated carbocycles. The Hall–Kier alpha value is -4.70. The van der Waals surface area contributed by atoms with Crippen molar-refractivity contribution >= 4 is 45.9 Å². The van der Waals surface area contributed by atoms with Crippen LogP contribution >= 0.6 is 11.8 Å². The van der Waals surface area contributed by atoms with Crippen molar-refractivity contribution in [2.75, 3.05) is 29.5 Å². The van der Waals surface area contributed by atoms with Crippen LogP contribution in [-0.2, 0) is 28.5 Å². The first-order chi connectivity index (χ1) is 21.4. The minimum Gasteiger partial charge on any atom is -0.336 e. The summed E-state index contributed by atoms with van der Waals surface area (Å²) in [5.41, 5.74) is 5.95. The molecular weight excluding hydrogens is 586 g/mol. The summed E-state index contributed by atoms with van der Waals surface area (Å²) in [6.07, 6.45) is 2.28. The molecule has 0 unspecified atom stereocenters. The first-order valence-corrected chi connectivity index (χ1v) is 16.9. The Kier molecular flexibility index (Phi) is 9.24. The van der Waals surface area contributed by atoms with Gasteiger partial charge in [0, 0.05) is 48.8 Å². The lowest BCUT2D eigenvalue weighted by Gasteiger charge is -2.27. The number of aromatic nitrogens is 2. The van der Waals surface area contributed by atoms with E-state index in [0.29, 0.717) is 42.1 Å². The molecule has 236 valence electrons. The van der Waals surface area contributed by atoms with Crippen molar-refractivity contribution < 1.29 is 14.4 Å². The van der Waals surface area contributed by atoms with E-state index in [1.165, 1.54) is 4.57 Å². The lowest BCUT2D eigenvalue weighted by Crippen LogP contribution is -2.42. The largest absolute Gasteiger partial charge is 0.336 e. The Labute approximate surface area is 267 Å². The quantitative estimate of drug-likeness (QED) is 0.276. The monoisotopic (exact) mass is 627 g/mol. The van der Waals surface area contributed by atoms with Crippen LogP contribution in [0.25, 0.3) is 11.3 Å². The van der Waals surface area contributed by atoms with Crippen LogP contribution in [0.4, 0.5) is 17.2 Å². The Morgan fingerprint density at radius 2 is 1.73 bits per heavy atom. The summed E-state index contributed by atoms with van der Waals surface area (Å²) in [5, 5.41) is 6.02. The predicted octanol–water partition coefficient (Wildman–Crippen LogP) is 4.62. The average Bonchev–Trinajstić information content (AvgIpc) is 3.01. The molecule has 0 atom stereocenters. The fraction of sp³-hybridized carbons (Fsp3) is 0.286. The van der Waals surface area contributed by atoms with Crippen molar-refractivity contribution in [1.29, 1.82) is 0 Å². The SMILES string of the molecule is Cc1c(NC(=O)c2ccc(C(C)(C)C)cc2)cccc1-c1cn(C)c(=O)c(Nc2cccc(CCN3CC[SH4]C(=O)C3=O)c2)n1. The van der Waals surface area contributed by atoms with Crippen molar-refractivity contribution in [3.63, 3.8) is 0 Å². The first kappa shape index (κ1) is 31.7. The highest BCUT2D eigenvalue weighted by atomic mass is 32.2. The second-order valence-corrected chi connectivity index (χ2v) is 14.4. The van der Waals surface area contributed by atoms with Gasteiger partial charge in [-0.2, -0.15) is 0 Å². The van der Waals surface area contributed by atoms with Crippen LogP contribution in [0.2, 0.25) is 0 Å². The third-order valence-corrected chi connectivity index (χ3v) is 9.59. The second-order valence-electron chi connectivity index (χ2n) is 12.5. The molecule has 9 nitrogen and oxygen atoms in total. The van der Waals surface area contributed by atoms with Gasteiger partial charge in [0.15, 0.2) is 5.82 Å². The second kappa shape index (κ2) is 13.1. The lowest BCUT2D eigenvalue weighted by molar-refractivity contribution is -0.140. The zero-order valence-corrected chi connectivity index (χ0v) is 27.9. The molecule has 1 saturated heterocycles. The van der Waals surface area contributed by atoms with Crippen LogP contribution < -0.4 is 16.2 Å². The van der Waals surface area contributed by atoms with Gasteiger partial charge in [0.1, 0.15) is 0 Å². The van der Waals surface area contributed by atoms with Crippen LogP contribution in [0, 0.1) is 6.92 Å². The van der Waals surface area contributed by atoms with E-state index in [4.69, 9.17) is 4.98 Å². The molecule has 5 rings (SSSR count). The van der Waals surface area contributed by atoms with Gasteiger partial charge < -0.3 is 20.1 Å². The van der Waals surface area contributed by atoms with Crippen molar-refractivity contribution in [2.45, 2.75) is 39.5 Å². The number of benzene rings is 3. The van der Waals surface area contributed by atoms with E-state index < -0.39 is 11.8 Å². The predicted molar refractivity (Wildman–Crippen MR) is 186 cm³/mol. The summed E-state index contributed by atoms with van der Waals surface area (Å²) in [6, 6.07) is 20.9. The zero-order valence-electron chi connectivity index (χ0n) is 26.4. The fourth-order valence-corrected chi connectivity index (χ4v) is 6.71. The Morgan fingerprint density at radius 1 is 1.00 bits per heavy atom. The zero-order chi connectivity index (χ0) is 32.3. The van der Waals surface area contributed by atoms with Gasteiger partial charge in [-0.3, -0.25) is 19.2 Å². The molecule has 0 radical (unpaired) electrons. The van der Waals surface area contributed by atoms with Gasteiger partial charge in [-0.1, -0.05) is 57.2 Å². The summed E-state index contributed by atoms with van der Waals surface area (Å²) in [6.45, 7) is 9.45. The highest BCUT2D eigenvalue weighted by Crippen LogP contribution is 2.29. The number of nitrogens with zero attached hydrogens (tertiary/aromatic N) is 3. The summed E-state index contributed by atoms with van der Waals surface area (Å²) in [7, 11) is 1.68. The smallest absolute Gasteiger partial charge is 0.297 e. The van der Waals surface area contributed by atoms with Gasteiger partial charge in [-0.05, 0) is 71.5 Å². The van der Waals surface area contributed by atoms with Crippen molar-refractivity contribution in [3.8, 4) is 11.3 Å². The van der Waals surface area contributed by atoms with E-state index in [-0.39, 0.29) is 33.7 Å². The number of nitrogens with one attached hydrogen (secondary N) is 2. The highest BCUT2D eigenvalue weighted by Gasteiger charge is 2.24. The van der Waals surface area contributed by atoms with E-state index in [1.807, 2.05) is 73.7 Å². The summed E-state index contributed by atoms with van der Waals surface area (Å²) in [5.74, 6) is 0.448. The topological polar surface area (TPSA) is 113 Å². The Balaban J connectivity index is 1.34. The number of carbonyl (C=O) groups is 3. The molecule has 3 aromatic carbocycles. The molecule has 2 N–H and O–H groups in total. The third-order valence-electron chi connectivity index (χ3n) is 8.16. The van der Waals surface area contributed by atoms with Crippen LogP contribution in [0.1, 0.15) is 47.8 Å². The highest BCUT2D eigenvalue weighted by molar-refractivity contribution is 8.15. The van der Waals surface area contributed by atoms with E-state index in [1.54, 1.807) is 18.1 Å². The van der Waals surface area contributed by atoms with Crippen LogP contribution in [0.5, 0.6) is 0 Å². The van der Waals surface area contributed by atoms with Crippen molar-refractivity contribution in [2.24, 2.45) is 7.05 Å². The number of hydrogen-bond acceptors (Lipinski definition) is 6. The van der Waals surface area contributed by atoms with E-state index >= 15 is 0 Å². The summed E-state index contributed by atoms with van der Waals surface area (Å²) < 4.78 is 1.48. The number of amides is 2. The molecule has 0 bridgehead atoms. The van der Waals surface area contributed by atoms with Gasteiger partial charge in [0.2, 0.25) is 5.12 Å². The molecule has 45 heavy (non-hydrogen) atoms. The average molecular weight is 628 g/mol. The van der Waals surface area contributed by atoms with E-state index in [2.05, 4.69) is 31.4 Å². The first-order valence-electron chi connectivity index (χ1n) is 15.2. The van der Waals surface area contributed by atoms with Gasteiger partial charge in [0.25, 0.3) is 17.4 Å². The number of aryl methyl sites for hydroxylation is 1. The van der Waals surface area contributed by atoms with Crippen molar-refractivity contribution in [3.05, 3.63) is 106 Å². The third kappa shape index (κ3) is 7.34. The molecular formula is C35H41N5O4S. The Bertz CT molecular complexity index is 1830. The summed E-state index contributed by atoms with van der Waals surface area (Å²) >= 11 is -0.920. The molecule has 2 amide bonds. The number of hydrogen-bond donors (Lipinski definition) is 2. The maximum Gasteiger partial charge on any atom is 0.297 e. The molecule has 10 heteroatoms. The molecule has 1 aromatic heterocycles. The molecule has 1 aliphatic rings. The Morgan fingerprint density at radius 3 is 2.47 bits per heavy atom. The maximum atomic E-state index is 13.1. The number of carbonyl (C=O) groups excluding carboxylic acids is 3. The molecule has 0 aliphatic carbocycles. The normalized spacial score (nSPS) is 13.8. The van der Waals surface area contributed by atoms with Crippen molar-refractivity contribution in [1.82, 2.24) is 14.5 Å². The van der Waals surface area contributed by atoms with Gasteiger partial charge in [-0.15, -0.1) is 0 Å². The van der Waals surface area contributed by atoms with Crippen LogP contribution in [-0.4, -0.2) is 50.2 Å². The van der Waals surface area contributed by atoms with Gasteiger partial charge in [-0.25, -0.2) is 16.7 Å². The molecule has 1 fully saturated rings.